The van der Waals surface area contributed by atoms with Gasteiger partial charge in [0.15, 0.2) is 6.29 Å². The highest BCUT2D eigenvalue weighted by Gasteiger charge is 2.13. The Bertz CT molecular complexity index is 404. The number of hydrogen-bond donors (Lipinski definition) is 1. The van der Waals surface area contributed by atoms with E-state index in [1.165, 1.54) is 14.0 Å². The zero-order chi connectivity index (χ0) is 11.4. The Balaban J connectivity index is 3.33. The summed E-state index contributed by atoms with van der Waals surface area (Å²) in [5.41, 5.74) is 0.749. The van der Waals surface area contributed by atoms with E-state index in [0.717, 1.165) is 0 Å². The molecule has 1 amide bonds. The lowest BCUT2D eigenvalue weighted by Crippen LogP contribution is -2.09. The zero-order valence-electron chi connectivity index (χ0n) is 8.33. The first-order chi connectivity index (χ1) is 7.10. The first-order valence-electron chi connectivity index (χ1n) is 4.19. The van der Waals surface area contributed by atoms with Crippen LogP contribution in [-0.4, -0.2) is 19.3 Å². The second kappa shape index (κ2) is 4.93. The second-order valence-electron chi connectivity index (χ2n) is 2.84. The third-order valence-electron chi connectivity index (χ3n) is 1.79. The maximum atomic E-state index is 11.0. The predicted molar refractivity (Wildman–Crippen MR) is 60.4 cm³/mol. The van der Waals surface area contributed by atoms with Gasteiger partial charge < -0.3 is 10.1 Å². The first-order valence-corrected chi connectivity index (χ1v) is 4.98. The van der Waals surface area contributed by atoms with E-state index in [-0.39, 0.29) is 5.91 Å². The third-order valence-corrected chi connectivity index (χ3v) is 2.48. The Morgan fingerprint density at radius 1 is 1.53 bits per heavy atom. The van der Waals surface area contributed by atoms with Gasteiger partial charge in [-0.25, -0.2) is 0 Å². The molecule has 15 heavy (non-hydrogen) atoms. The molecule has 0 atom stereocenters. The average Bonchev–Trinajstić information content (AvgIpc) is 2.18. The number of nitrogens with one attached hydrogen (secondary N) is 1. The molecule has 0 spiro atoms. The van der Waals surface area contributed by atoms with Gasteiger partial charge in [-0.3, -0.25) is 9.59 Å². The van der Waals surface area contributed by atoms with Crippen LogP contribution in [0.2, 0.25) is 0 Å². The molecule has 0 aliphatic rings. The number of benzene rings is 1. The number of anilines is 1. The molecular weight excluding hydrogens is 262 g/mol. The van der Waals surface area contributed by atoms with Crippen LogP contribution in [0.5, 0.6) is 5.75 Å². The Morgan fingerprint density at radius 3 is 2.67 bits per heavy atom. The predicted octanol–water partition coefficient (Wildman–Crippen LogP) is 2.23. The Hall–Kier alpha value is -1.36. The summed E-state index contributed by atoms with van der Waals surface area (Å²) in [4.78, 5) is 21.8. The molecule has 1 aromatic rings. The molecule has 0 aliphatic carbocycles. The molecule has 0 saturated carbocycles. The standard InChI is InChI=1S/C10H10BrNO3/c1-6(14)12-10-7(5-13)8(11)3-4-9(10)15-2/h3-5H,1-2H3,(H,12,14). The van der Waals surface area contributed by atoms with Crippen molar-refractivity contribution in [1.29, 1.82) is 0 Å². The smallest absolute Gasteiger partial charge is 0.221 e. The Morgan fingerprint density at radius 2 is 2.20 bits per heavy atom. The normalized spacial score (nSPS) is 9.53. The molecule has 1 rings (SSSR count). The molecule has 80 valence electrons. The summed E-state index contributed by atoms with van der Waals surface area (Å²) in [5, 5.41) is 2.56. The lowest BCUT2D eigenvalue weighted by Gasteiger charge is -2.12. The lowest BCUT2D eigenvalue weighted by atomic mass is 10.2. The van der Waals surface area contributed by atoms with Crippen molar-refractivity contribution in [3.8, 4) is 5.75 Å². The van der Waals surface area contributed by atoms with Crippen molar-refractivity contribution in [1.82, 2.24) is 0 Å². The van der Waals surface area contributed by atoms with Gasteiger partial charge >= 0.3 is 0 Å². The van der Waals surface area contributed by atoms with Gasteiger partial charge in [-0.1, -0.05) is 0 Å². The second-order valence-corrected chi connectivity index (χ2v) is 3.69. The molecule has 0 aromatic heterocycles. The van der Waals surface area contributed by atoms with Crippen LogP contribution >= 0.6 is 15.9 Å². The maximum Gasteiger partial charge on any atom is 0.221 e. The summed E-state index contributed by atoms with van der Waals surface area (Å²) in [5.74, 6) is 0.199. The summed E-state index contributed by atoms with van der Waals surface area (Å²) < 4.78 is 5.66. The summed E-state index contributed by atoms with van der Waals surface area (Å²) in [6, 6.07) is 3.36. The molecular formula is C10H10BrNO3. The number of ether oxygens (including phenoxy) is 1. The highest BCUT2D eigenvalue weighted by Crippen LogP contribution is 2.32. The van der Waals surface area contributed by atoms with Gasteiger partial charge in [0.25, 0.3) is 0 Å². The molecule has 4 nitrogen and oxygen atoms in total. The van der Waals surface area contributed by atoms with Crippen molar-refractivity contribution in [2.75, 3.05) is 12.4 Å². The number of carbonyl (C=O) groups excluding carboxylic acids is 2. The van der Waals surface area contributed by atoms with Crippen molar-refractivity contribution in [3.05, 3.63) is 22.2 Å². The molecule has 0 heterocycles. The van der Waals surface area contributed by atoms with Crippen molar-refractivity contribution < 1.29 is 14.3 Å². The van der Waals surface area contributed by atoms with Gasteiger partial charge in [-0.2, -0.15) is 0 Å². The van der Waals surface area contributed by atoms with Gasteiger partial charge in [-0.05, 0) is 28.1 Å². The van der Waals surface area contributed by atoms with Crippen LogP contribution in [-0.2, 0) is 4.79 Å². The van der Waals surface area contributed by atoms with Crippen LogP contribution in [0.3, 0.4) is 0 Å². The number of hydrogen-bond acceptors (Lipinski definition) is 3. The van der Waals surface area contributed by atoms with Crippen LogP contribution in [0, 0.1) is 0 Å². The van der Waals surface area contributed by atoms with Gasteiger partial charge in [0.05, 0.1) is 18.4 Å². The number of amides is 1. The number of methoxy groups -OCH3 is 1. The lowest BCUT2D eigenvalue weighted by molar-refractivity contribution is -0.114. The summed E-state index contributed by atoms with van der Waals surface area (Å²) >= 11 is 3.22. The van der Waals surface area contributed by atoms with E-state index >= 15 is 0 Å². The quantitative estimate of drug-likeness (QED) is 0.858. The van der Waals surface area contributed by atoms with Crippen LogP contribution in [0.15, 0.2) is 16.6 Å². The molecule has 0 saturated heterocycles. The molecule has 0 bridgehead atoms. The van der Waals surface area contributed by atoms with Crippen LogP contribution < -0.4 is 10.1 Å². The molecule has 1 aromatic carbocycles. The number of carbonyl (C=O) groups is 2. The highest BCUT2D eigenvalue weighted by molar-refractivity contribution is 9.10. The number of rotatable bonds is 3. The Labute approximate surface area is 95.7 Å². The first kappa shape index (κ1) is 11.7. The highest BCUT2D eigenvalue weighted by atomic mass is 79.9. The molecule has 5 heteroatoms. The summed E-state index contributed by atoms with van der Waals surface area (Å²) in [7, 11) is 1.48. The van der Waals surface area contributed by atoms with Crippen LogP contribution in [0.25, 0.3) is 0 Å². The molecule has 0 fully saturated rings. The van der Waals surface area contributed by atoms with Crippen molar-refractivity contribution in [3.63, 3.8) is 0 Å². The molecule has 0 radical (unpaired) electrons. The van der Waals surface area contributed by atoms with Gasteiger partial charge in [0.2, 0.25) is 5.91 Å². The minimum atomic E-state index is -0.255. The van der Waals surface area contributed by atoms with Crippen molar-refractivity contribution in [2.24, 2.45) is 0 Å². The van der Waals surface area contributed by atoms with Gasteiger partial charge in [0.1, 0.15) is 5.75 Å². The van der Waals surface area contributed by atoms with Crippen LogP contribution in [0.4, 0.5) is 5.69 Å². The summed E-state index contributed by atoms with van der Waals surface area (Å²) in [6.07, 6.45) is 0.665. The molecule has 1 N–H and O–H groups in total. The minimum absolute atomic E-state index is 0.255. The molecule has 0 unspecified atom stereocenters. The molecule has 0 aliphatic heterocycles. The number of halogens is 1. The van der Waals surface area contributed by atoms with E-state index in [1.807, 2.05) is 0 Å². The van der Waals surface area contributed by atoms with E-state index < -0.39 is 0 Å². The average molecular weight is 272 g/mol. The fourth-order valence-corrected chi connectivity index (χ4v) is 1.59. The van der Waals surface area contributed by atoms with Gasteiger partial charge in [-0.15, -0.1) is 0 Å². The van der Waals surface area contributed by atoms with E-state index in [2.05, 4.69) is 21.2 Å². The zero-order valence-corrected chi connectivity index (χ0v) is 9.92. The monoisotopic (exact) mass is 271 g/mol. The summed E-state index contributed by atoms with van der Waals surface area (Å²) in [6.45, 7) is 1.37. The number of aldehydes is 1. The van der Waals surface area contributed by atoms with E-state index in [0.29, 0.717) is 27.8 Å². The SMILES string of the molecule is COc1ccc(Br)c(C=O)c1NC(C)=O. The van der Waals surface area contributed by atoms with E-state index in [1.54, 1.807) is 12.1 Å². The van der Waals surface area contributed by atoms with Crippen LogP contribution in [0.1, 0.15) is 17.3 Å². The minimum Gasteiger partial charge on any atom is -0.495 e. The maximum absolute atomic E-state index is 11.0. The Kier molecular flexibility index (Phi) is 3.85. The topological polar surface area (TPSA) is 55.4 Å². The fourth-order valence-electron chi connectivity index (χ4n) is 1.16. The van der Waals surface area contributed by atoms with Gasteiger partial charge in [0, 0.05) is 11.4 Å². The van der Waals surface area contributed by atoms with E-state index in [9.17, 15) is 9.59 Å². The fraction of sp³-hybridized carbons (Fsp3) is 0.200. The van der Waals surface area contributed by atoms with Crippen molar-refractivity contribution in [2.45, 2.75) is 6.92 Å². The largest absolute Gasteiger partial charge is 0.495 e. The van der Waals surface area contributed by atoms with Crippen molar-refractivity contribution >= 4 is 33.8 Å². The van der Waals surface area contributed by atoms with E-state index in [4.69, 9.17) is 4.74 Å². The third kappa shape index (κ3) is 2.56.